The van der Waals surface area contributed by atoms with Crippen LogP contribution in [-0.2, 0) is 4.79 Å². The molecule has 2 heteroatoms. The number of rotatable bonds is 2. The number of allylic oxidation sites excluding steroid dienone is 3. The Bertz CT molecular complexity index is 538. The minimum Gasteiger partial charge on any atom is -0.295 e. The minimum absolute atomic E-state index is 0.0442. The Hall–Kier alpha value is -1.70. The highest BCUT2D eigenvalue weighted by molar-refractivity contribution is 5.96. The molecule has 1 aliphatic carbocycles. The molecule has 0 saturated heterocycles. The zero-order valence-electron chi connectivity index (χ0n) is 10.8. The molecule has 0 fully saturated rings. The van der Waals surface area contributed by atoms with Crippen molar-refractivity contribution >= 4 is 11.4 Å². The fourth-order valence-electron chi connectivity index (χ4n) is 2.40. The van der Waals surface area contributed by atoms with Crippen molar-refractivity contribution in [1.82, 2.24) is 0 Å². The van der Waals surface area contributed by atoms with Crippen LogP contribution in [0.3, 0.4) is 0 Å². The fourth-order valence-corrected chi connectivity index (χ4v) is 2.40. The summed E-state index contributed by atoms with van der Waals surface area (Å²) in [6, 6.07) is 6.33. The molecule has 0 saturated carbocycles. The van der Waals surface area contributed by atoms with Crippen LogP contribution in [0.5, 0.6) is 0 Å². The zero-order valence-corrected chi connectivity index (χ0v) is 10.8. The van der Waals surface area contributed by atoms with E-state index in [4.69, 9.17) is 0 Å². The van der Waals surface area contributed by atoms with E-state index >= 15 is 0 Å². The SMILES string of the molecule is C=C(C1=CC(=O)CC(C)(C)C1)c1cccc(F)c1. The van der Waals surface area contributed by atoms with E-state index in [0.717, 1.165) is 23.1 Å². The molecule has 1 aromatic carbocycles. The summed E-state index contributed by atoms with van der Waals surface area (Å²) in [6.07, 6.45) is 3.01. The second-order valence-corrected chi connectivity index (χ2v) is 5.64. The van der Waals surface area contributed by atoms with Gasteiger partial charge in [-0.2, -0.15) is 0 Å². The summed E-state index contributed by atoms with van der Waals surface area (Å²) in [6.45, 7) is 8.14. The van der Waals surface area contributed by atoms with E-state index in [1.54, 1.807) is 12.1 Å². The third-order valence-electron chi connectivity index (χ3n) is 3.22. The number of halogens is 1. The van der Waals surface area contributed by atoms with Gasteiger partial charge in [0.2, 0.25) is 0 Å². The Morgan fingerprint density at radius 3 is 2.67 bits per heavy atom. The summed E-state index contributed by atoms with van der Waals surface area (Å²) < 4.78 is 13.2. The molecule has 0 unspecified atom stereocenters. The first-order valence-corrected chi connectivity index (χ1v) is 6.06. The second kappa shape index (κ2) is 4.52. The Labute approximate surface area is 107 Å². The lowest BCUT2D eigenvalue weighted by molar-refractivity contribution is -0.116. The average Bonchev–Trinajstić information content (AvgIpc) is 2.25. The molecule has 1 nitrogen and oxygen atoms in total. The molecule has 0 atom stereocenters. The van der Waals surface area contributed by atoms with Crippen molar-refractivity contribution < 1.29 is 9.18 Å². The molecule has 0 aromatic heterocycles. The van der Waals surface area contributed by atoms with Gasteiger partial charge in [0.05, 0.1) is 0 Å². The van der Waals surface area contributed by atoms with E-state index < -0.39 is 0 Å². The molecule has 2 rings (SSSR count). The predicted molar refractivity (Wildman–Crippen MR) is 71.5 cm³/mol. The molecule has 0 amide bonds. The molecule has 94 valence electrons. The Morgan fingerprint density at radius 1 is 1.33 bits per heavy atom. The number of benzene rings is 1. The van der Waals surface area contributed by atoms with Crippen LogP contribution in [0.2, 0.25) is 0 Å². The smallest absolute Gasteiger partial charge is 0.156 e. The normalized spacial score (nSPS) is 18.4. The van der Waals surface area contributed by atoms with E-state index in [1.807, 2.05) is 6.07 Å². The van der Waals surface area contributed by atoms with Crippen molar-refractivity contribution in [3.63, 3.8) is 0 Å². The van der Waals surface area contributed by atoms with E-state index in [1.165, 1.54) is 12.1 Å². The van der Waals surface area contributed by atoms with E-state index in [2.05, 4.69) is 20.4 Å². The summed E-state index contributed by atoms with van der Waals surface area (Å²) in [5.41, 5.74) is 2.36. The highest BCUT2D eigenvalue weighted by atomic mass is 19.1. The second-order valence-electron chi connectivity index (χ2n) is 5.64. The Morgan fingerprint density at radius 2 is 2.06 bits per heavy atom. The quantitative estimate of drug-likeness (QED) is 0.763. The van der Waals surface area contributed by atoms with Crippen LogP contribution in [0.4, 0.5) is 4.39 Å². The van der Waals surface area contributed by atoms with E-state index in [9.17, 15) is 9.18 Å². The molecular formula is C16H17FO. The average molecular weight is 244 g/mol. The molecule has 0 heterocycles. The lowest BCUT2D eigenvalue weighted by Gasteiger charge is -2.29. The van der Waals surface area contributed by atoms with Gasteiger partial charge >= 0.3 is 0 Å². The topological polar surface area (TPSA) is 17.1 Å². The monoisotopic (exact) mass is 244 g/mol. The van der Waals surface area contributed by atoms with Gasteiger partial charge in [-0.25, -0.2) is 4.39 Å². The minimum atomic E-state index is -0.282. The summed E-state index contributed by atoms with van der Waals surface area (Å²) in [4.78, 5) is 11.7. The molecule has 18 heavy (non-hydrogen) atoms. The number of ketones is 1. The Kier molecular flexibility index (Phi) is 3.20. The predicted octanol–water partition coefficient (Wildman–Crippen LogP) is 4.15. The van der Waals surface area contributed by atoms with Crippen molar-refractivity contribution in [3.8, 4) is 0 Å². The van der Waals surface area contributed by atoms with Gasteiger partial charge in [-0.1, -0.05) is 32.6 Å². The molecule has 1 aromatic rings. The highest BCUT2D eigenvalue weighted by Crippen LogP contribution is 2.38. The lowest BCUT2D eigenvalue weighted by Crippen LogP contribution is -2.22. The molecule has 1 aliphatic rings. The number of carbonyl (C=O) groups excluding carboxylic acids is 1. The van der Waals surface area contributed by atoms with Crippen molar-refractivity contribution in [2.24, 2.45) is 5.41 Å². The maximum atomic E-state index is 13.2. The summed E-state index contributed by atoms with van der Waals surface area (Å²) in [5.74, 6) is -0.158. The van der Waals surface area contributed by atoms with Crippen LogP contribution in [-0.4, -0.2) is 5.78 Å². The van der Waals surface area contributed by atoms with E-state index in [0.29, 0.717) is 6.42 Å². The van der Waals surface area contributed by atoms with Gasteiger partial charge in [0.15, 0.2) is 5.78 Å². The fraction of sp³-hybridized carbons (Fsp3) is 0.312. The van der Waals surface area contributed by atoms with Crippen LogP contribution in [0.25, 0.3) is 5.57 Å². The van der Waals surface area contributed by atoms with Crippen molar-refractivity contribution in [2.75, 3.05) is 0 Å². The summed E-state index contributed by atoms with van der Waals surface area (Å²) >= 11 is 0. The maximum absolute atomic E-state index is 13.2. The van der Waals surface area contributed by atoms with Gasteiger partial charge in [0.1, 0.15) is 5.82 Å². The van der Waals surface area contributed by atoms with Crippen molar-refractivity contribution in [1.29, 1.82) is 0 Å². The largest absolute Gasteiger partial charge is 0.295 e. The molecular weight excluding hydrogens is 227 g/mol. The van der Waals surface area contributed by atoms with Gasteiger partial charge < -0.3 is 0 Å². The number of hydrogen-bond donors (Lipinski definition) is 0. The summed E-state index contributed by atoms with van der Waals surface area (Å²) in [7, 11) is 0. The van der Waals surface area contributed by atoms with E-state index in [-0.39, 0.29) is 17.0 Å². The first kappa shape index (κ1) is 12.7. The molecule has 0 bridgehead atoms. The van der Waals surface area contributed by atoms with Gasteiger partial charge in [-0.15, -0.1) is 0 Å². The van der Waals surface area contributed by atoms with Gasteiger partial charge in [-0.05, 0) is 46.8 Å². The van der Waals surface area contributed by atoms with Gasteiger partial charge in [-0.3, -0.25) is 4.79 Å². The van der Waals surface area contributed by atoms with Gasteiger partial charge in [0, 0.05) is 6.42 Å². The van der Waals surface area contributed by atoms with Crippen LogP contribution in [0.15, 0.2) is 42.5 Å². The molecule has 0 spiro atoms. The lowest BCUT2D eigenvalue weighted by atomic mass is 9.74. The molecule has 0 aliphatic heterocycles. The highest BCUT2D eigenvalue weighted by Gasteiger charge is 2.28. The third kappa shape index (κ3) is 2.76. The molecule has 0 radical (unpaired) electrons. The van der Waals surface area contributed by atoms with Crippen LogP contribution < -0.4 is 0 Å². The first-order chi connectivity index (χ1) is 8.37. The maximum Gasteiger partial charge on any atom is 0.156 e. The van der Waals surface area contributed by atoms with Gasteiger partial charge in [0.25, 0.3) is 0 Å². The summed E-state index contributed by atoms with van der Waals surface area (Å²) in [5, 5.41) is 0. The zero-order chi connectivity index (χ0) is 13.3. The van der Waals surface area contributed by atoms with Crippen molar-refractivity contribution in [3.05, 3.63) is 53.9 Å². The Balaban J connectivity index is 2.32. The first-order valence-electron chi connectivity index (χ1n) is 6.06. The molecule has 0 N–H and O–H groups in total. The third-order valence-corrected chi connectivity index (χ3v) is 3.22. The number of hydrogen-bond acceptors (Lipinski definition) is 1. The number of carbonyl (C=O) groups is 1. The van der Waals surface area contributed by atoms with Crippen LogP contribution >= 0.6 is 0 Å². The van der Waals surface area contributed by atoms with Crippen molar-refractivity contribution in [2.45, 2.75) is 26.7 Å². The van der Waals surface area contributed by atoms with Crippen LogP contribution in [0.1, 0.15) is 32.3 Å². The van der Waals surface area contributed by atoms with Crippen LogP contribution in [0, 0.1) is 11.2 Å². The standard InChI is InChI=1S/C16H17FO/c1-11(12-5-4-6-14(17)7-12)13-8-15(18)10-16(2,3)9-13/h4-8H,1,9-10H2,2-3H3.